The zero-order valence-corrected chi connectivity index (χ0v) is 13.2. The first-order valence-corrected chi connectivity index (χ1v) is 6.97. The minimum Gasteiger partial charge on any atom is -0.445 e. The van der Waals surface area contributed by atoms with Crippen LogP contribution in [0.4, 0.5) is 4.79 Å². The van der Waals surface area contributed by atoms with Gasteiger partial charge in [-0.3, -0.25) is 0 Å². The first-order chi connectivity index (χ1) is 9.57. The normalized spacial score (nSPS) is 12.1. The Kier molecular flexibility index (Phi) is 5.75. The van der Waals surface area contributed by atoms with E-state index >= 15 is 0 Å². The molecule has 2 N–H and O–H groups in total. The van der Waals surface area contributed by atoms with Crippen LogP contribution >= 0.6 is 0 Å². The summed E-state index contributed by atoms with van der Waals surface area (Å²) in [6.45, 7) is 6.76. The summed E-state index contributed by atoms with van der Waals surface area (Å²) in [7, 11) is 0. The Morgan fingerprint density at radius 3 is 1.95 bits per heavy atom. The van der Waals surface area contributed by atoms with Gasteiger partial charge in [0.25, 0.3) is 0 Å². The molecule has 0 fully saturated rings. The fraction of sp³-hybridized carbons (Fsp3) is 0.562. The van der Waals surface area contributed by atoms with Gasteiger partial charge in [-0.2, -0.15) is 0 Å². The van der Waals surface area contributed by atoms with Crippen LogP contribution in [0.3, 0.4) is 0 Å². The summed E-state index contributed by atoms with van der Waals surface area (Å²) in [5.41, 5.74) is -1.23. The molecule has 1 aromatic carbocycles. The van der Waals surface area contributed by atoms with Gasteiger partial charge in [0, 0.05) is 0 Å². The Bertz CT molecular complexity index is 430. The summed E-state index contributed by atoms with van der Waals surface area (Å²) in [5.74, 6) is 0. The lowest BCUT2D eigenvalue weighted by Gasteiger charge is -2.32. The second-order valence-corrected chi connectivity index (χ2v) is 6.52. The first kappa shape index (κ1) is 17.5. The molecule has 5 nitrogen and oxygen atoms in total. The largest absolute Gasteiger partial charge is 0.445 e. The summed E-state index contributed by atoms with van der Waals surface area (Å²) < 4.78 is 5.25. The summed E-state index contributed by atoms with van der Waals surface area (Å²) in [4.78, 5) is 13.5. The van der Waals surface area contributed by atoms with Crippen LogP contribution in [-0.2, 0) is 11.3 Å². The van der Waals surface area contributed by atoms with E-state index in [9.17, 15) is 15.0 Å². The van der Waals surface area contributed by atoms with E-state index in [-0.39, 0.29) is 19.7 Å². The van der Waals surface area contributed by atoms with Gasteiger partial charge in [-0.15, -0.1) is 0 Å². The molecular weight excluding hydrogens is 270 g/mol. The fourth-order valence-corrected chi connectivity index (χ4v) is 1.93. The molecule has 21 heavy (non-hydrogen) atoms. The quantitative estimate of drug-likeness (QED) is 0.844. The van der Waals surface area contributed by atoms with Crippen LogP contribution in [0.15, 0.2) is 30.3 Å². The molecular formula is C16H25NO4. The number of amides is 1. The molecule has 5 heteroatoms. The van der Waals surface area contributed by atoms with Crippen LogP contribution < -0.4 is 0 Å². The van der Waals surface area contributed by atoms with Gasteiger partial charge in [0.05, 0.1) is 24.3 Å². The van der Waals surface area contributed by atoms with Crippen LogP contribution in [0, 0.1) is 0 Å². The molecule has 1 rings (SSSR count). The molecule has 0 aromatic heterocycles. The number of carbonyl (C=O) groups is 1. The lowest BCUT2D eigenvalue weighted by molar-refractivity contribution is -0.0106. The maximum absolute atomic E-state index is 12.2. The van der Waals surface area contributed by atoms with Crippen LogP contribution in [-0.4, -0.2) is 45.5 Å². The van der Waals surface area contributed by atoms with Crippen molar-refractivity contribution in [3.63, 3.8) is 0 Å². The van der Waals surface area contributed by atoms with Crippen LogP contribution in [0.5, 0.6) is 0 Å². The first-order valence-electron chi connectivity index (χ1n) is 6.97. The van der Waals surface area contributed by atoms with Gasteiger partial charge in [0.2, 0.25) is 0 Å². The number of ether oxygens (including phenoxy) is 1. The van der Waals surface area contributed by atoms with E-state index in [4.69, 9.17) is 4.74 Å². The molecule has 0 saturated heterocycles. The van der Waals surface area contributed by atoms with Gasteiger partial charge < -0.3 is 19.8 Å². The Morgan fingerprint density at radius 2 is 1.52 bits per heavy atom. The highest BCUT2D eigenvalue weighted by Gasteiger charge is 2.28. The monoisotopic (exact) mass is 295 g/mol. The number of hydrogen-bond acceptors (Lipinski definition) is 4. The summed E-state index contributed by atoms with van der Waals surface area (Å²) in [6, 6.07) is 9.36. The third-order valence-corrected chi connectivity index (χ3v) is 2.62. The van der Waals surface area contributed by atoms with E-state index in [1.165, 1.54) is 4.90 Å². The Hall–Kier alpha value is -1.59. The van der Waals surface area contributed by atoms with Crippen molar-refractivity contribution in [2.45, 2.75) is 45.5 Å². The maximum Gasteiger partial charge on any atom is 0.410 e. The predicted molar refractivity (Wildman–Crippen MR) is 80.8 cm³/mol. The number of benzene rings is 1. The number of nitrogens with zero attached hydrogens (tertiary/aromatic N) is 1. The third-order valence-electron chi connectivity index (χ3n) is 2.62. The van der Waals surface area contributed by atoms with Crippen LogP contribution in [0.2, 0.25) is 0 Å². The standard InChI is InChI=1S/C16H25NO4/c1-15(2,19)11-17(12-16(3,4)20)14(18)21-10-13-8-6-5-7-9-13/h5-9,19-20H,10-12H2,1-4H3. The molecule has 0 radical (unpaired) electrons. The molecule has 0 atom stereocenters. The molecule has 1 aromatic rings. The number of hydrogen-bond donors (Lipinski definition) is 2. The molecule has 0 aliphatic heterocycles. The molecule has 0 spiro atoms. The average Bonchev–Trinajstić information content (AvgIpc) is 2.33. The molecule has 0 aliphatic carbocycles. The van der Waals surface area contributed by atoms with Gasteiger partial charge >= 0.3 is 6.09 Å². The Morgan fingerprint density at radius 1 is 1.05 bits per heavy atom. The van der Waals surface area contributed by atoms with E-state index in [0.29, 0.717) is 0 Å². The predicted octanol–water partition coefficient (Wildman–Crippen LogP) is 2.17. The number of rotatable bonds is 6. The number of carbonyl (C=O) groups excluding carboxylic acids is 1. The zero-order valence-electron chi connectivity index (χ0n) is 13.2. The van der Waals surface area contributed by atoms with Crippen molar-refractivity contribution in [2.75, 3.05) is 13.1 Å². The average molecular weight is 295 g/mol. The highest BCUT2D eigenvalue weighted by atomic mass is 16.6. The lowest BCUT2D eigenvalue weighted by Crippen LogP contribution is -2.48. The van der Waals surface area contributed by atoms with Crippen molar-refractivity contribution in [3.05, 3.63) is 35.9 Å². The SMILES string of the molecule is CC(C)(O)CN(CC(C)(C)O)C(=O)OCc1ccccc1. The molecule has 0 saturated carbocycles. The van der Waals surface area contributed by atoms with Gasteiger partial charge in [-0.25, -0.2) is 4.79 Å². The van der Waals surface area contributed by atoms with E-state index in [1.807, 2.05) is 30.3 Å². The zero-order chi connectivity index (χ0) is 16.1. The minimum atomic E-state index is -1.06. The highest BCUT2D eigenvalue weighted by molar-refractivity contribution is 5.67. The Balaban J connectivity index is 2.66. The smallest absolute Gasteiger partial charge is 0.410 e. The summed E-state index contributed by atoms with van der Waals surface area (Å²) in [6.07, 6.45) is -0.553. The van der Waals surface area contributed by atoms with Crippen molar-refractivity contribution in [1.82, 2.24) is 4.90 Å². The second kappa shape index (κ2) is 6.91. The van der Waals surface area contributed by atoms with Crippen molar-refractivity contribution in [2.24, 2.45) is 0 Å². The van der Waals surface area contributed by atoms with Crippen molar-refractivity contribution < 1.29 is 19.7 Å². The molecule has 0 heterocycles. The third kappa shape index (κ3) is 7.68. The fourth-order valence-electron chi connectivity index (χ4n) is 1.93. The molecule has 0 aliphatic rings. The van der Waals surface area contributed by atoms with Crippen LogP contribution in [0.1, 0.15) is 33.3 Å². The van der Waals surface area contributed by atoms with Gasteiger partial charge in [-0.05, 0) is 33.3 Å². The van der Waals surface area contributed by atoms with Crippen molar-refractivity contribution >= 4 is 6.09 Å². The molecule has 1 amide bonds. The lowest BCUT2D eigenvalue weighted by atomic mass is 10.1. The highest BCUT2D eigenvalue weighted by Crippen LogP contribution is 2.13. The minimum absolute atomic E-state index is 0.0879. The number of aliphatic hydroxyl groups is 2. The van der Waals surface area contributed by atoms with E-state index in [2.05, 4.69) is 0 Å². The van der Waals surface area contributed by atoms with Crippen LogP contribution in [0.25, 0.3) is 0 Å². The topological polar surface area (TPSA) is 70.0 Å². The molecule has 118 valence electrons. The summed E-state index contributed by atoms with van der Waals surface area (Å²) in [5, 5.41) is 19.8. The molecule has 0 unspecified atom stereocenters. The van der Waals surface area contributed by atoms with Gasteiger partial charge in [0.15, 0.2) is 0 Å². The summed E-state index contributed by atoms with van der Waals surface area (Å²) >= 11 is 0. The van der Waals surface area contributed by atoms with E-state index in [1.54, 1.807) is 27.7 Å². The van der Waals surface area contributed by atoms with Crippen molar-refractivity contribution in [3.8, 4) is 0 Å². The van der Waals surface area contributed by atoms with Gasteiger partial charge in [0.1, 0.15) is 6.61 Å². The van der Waals surface area contributed by atoms with E-state index < -0.39 is 17.3 Å². The maximum atomic E-state index is 12.2. The second-order valence-electron chi connectivity index (χ2n) is 6.52. The van der Waals surface area contributed by atoms with Crippen molar-refractivity contribution in [1.29, 1.82) is 0 Å². The molecule has 0 bridgehead atoms. The van der Waals surface area contributed by atoms with Gasteiger partial charge in [-0.1, -0.05) is 30.3 Å². The Labute approximate surface area is 126 Å². The van der Waals surface area contributed by atoms with E-state index in [0.717, 1.165) is 5.56 Å².